The molecule has 210 valence electrons. The van der Waals surface area contributed by atoms with Crippen LogP contribution < -0.4 is 15.8 Å². The normalized spacial score (nSPS) is 12.0. The minimum Gasteiger partial charge on any atom is -0.507 e. The molecule has 0 aliphatic carbocycles. The molecule has 7 heteroatoms. The van der Waals surface area contributed by atoms with Gasteiger partial charge in [-0.15, -0.1) is 0 Å². The van der Waals surface area contributed by atoms with Crippen LogP contribution in [-0.4, -0.2) is 34.3 Å². The van der Waals surface area contributed by atoms with Crippen molar-refractivity contribution in [2.45, 2.75) is 12.3 Å². The quantitative estimate of drug-likeness (QED) is 0.216. The summed E-state index contributed by atoms with van der Waals surface area (Å²) in [5.74, 6) is -0.593. The average Bonchev–Trinajstić information content (AvgIpc) is 3.40. The number of anilines is 1. The molecule has 2 aromatic heterocycles. The van der Waals surface area contributed by atoms with E-state index in [1.54, 1.807) is 23.6 Å². The number of aromatic nitrogens is 2. The first-order valence-electron chi connectivity index (χ1n) is 14.0. The molecule has 0 saturated heterocycles. The van der Waals surface area contributed by atoms with E-state index in [0.717, 1.165) is 33.4 Å². The second kappa shape index (κ2) is 11.3. The van der Waals surface area contributed by atoms with Gasteiger partial charge in [0, 0.05) is 48.3 Å². The van der Waals surface area contributed by atoms with Crippen LogP contribution in [0.2, 0.25) is 0 Å². The molecule has 0 aliphatic rings. The number of carbonyl (C=O) groups is 1. The number of hydrogen-bond donors (Lipinski definition) is 3. The SMILES string of the molecule is CN(C(=O)NCCc1c(C(c2ccccc2)c2c(O)c3ccccc3n(C)c2=O)[nH]c2ccccc12)c1ccccc1. The monoisotopic (exact) mass is 556 g/mol. The molecule has 3 N–H and O–H groups in total. The van der Waals surface area contributed by atoms with E-state index in [2.05, 4.69) is 10.3 Å². The lowest BCUT2D eigenvalue weighted by molar-refractivity contribution is 0.247. The summed E-state index contributed by atoms with van der Waals surface area (Å²) in [6.07, 6.45) is 0.520. The van der Waals surface area contributed by atoms with Crippen molar-refractivity contribution < 1.29 is 9.90 Å². The molecule has 42 heavy (non-hydrogen) atoms. The Kier molecular flexibility index (Phi) is 7.23. The van der Waals surface area contributed by atoms with Gasteiger partial charge in [0.15, 0.2) is 0 Å². The number of nitrogens with zero attached hydrogens (tertiary/aromatic N) is 2. The van der Waals surface area contributed by atoms with Gasteiger partial charge in [-0.1, -0.05) is 78.9 Å². The highest BCUT2D eigenvalue weighted by molar-refractivity contribution is 5.91. The third-order valence-electron chi connectivity index (χ3n) is 7.97. The van der Waals surface area contributed by atoms with Crippen molar-refractivity contribution in [1.29, 1.82) is 0 Å². The fraction of sp³-hybridized carbons (Fsp3) is 0.143. The largest absolute Gasteiger partial charge is 0.507 e. The first-order chi connectivity index (χ1) is 20.5. The number of urea groups is 1. The van der Waals surface area contributed by atoms with Crippen molar-refractivity contribution >= 4 is 33.5 Å². The van der Waals surface area contributed by atoms with E-state index in [-0.39, 0.29) is 17.3 Å². The zero-order valence-electron chi connectivity index (χ0n) is 23.5. The van der Waals surface area contributed by atoms with Crippen molar-refractivity contribution in [2.24, 2.45) is 7.05 Å². The Morgan fingerprint density at radius 2 is 1.50 bits per heavy atom. The second-order valence-corrected chi connectivity index (χ2v) is 10.4. The number of hydrogen-bond acceptors (Lipinski definition) is 3. The number of amides is 2. The highest BCUT2D eigenvalue weighted by Crippen LogP contribution is 2.40. The molecular formula is C35H32N4O3. The number of benzene rings is 4. The number of H-pyrrole nitrogens is 1. The maximum Gasteiger partial charge on any atom is 0.321 e. The van der Waals surface area contributed by atoms with Gasteiger partial charge in [-0.25, -0.2) is 4.79 Å². The molecule has 0 aliphatic heterocycles. The van der Waals surface area contributed by atoms with Gasteiger partial charge in [-0.05, 0) is 47.9 Å². The maximum absolute atomic E-state index is 14.0. The summed E-state index contributed by atoms with van der Waals surface area (Å²) < 4.78 is 1.60. The molecule has 1 unspecified atom stereocenters. The molecule has 0 radical (unpaired) electrons. The van der Waals surface area contributed by atoms with Gasteiger partial charge in [0.1, 0.15) is 5.75 Å². The lowest BCUT2D eigenvalue weighted by Gasteiger charge is -2.22. The van der Waals surface area contributed by atoms with Crippen LogP contribution in [0.3, 0.4) is 0 Å². The third-order valence-corrected chi connectivity index (χ3v) is 7.97. The van der Waals surface area contributed by atoms with E-state index >= 15 is 0 Å². The number of aryl methyl sites for hydroxylation is 1. The van der Waals surface area contributed by atoms with Crippen LogP contribution >= 0.6 is 0 Å². The number of para-hydroxylation sites is 3. The second-order valence-electron chi connectivity index (χ2n) is 10.4. The van der Waals surface area contributed by atoms with Crippen LogP contribution in [0.5, 0.6) is 5.75 Å². The van der Waals surface area contributed by atoms with Crippen LogP contribution in [0.1, 0.15) is 28.3 Å². The van der Waals surface area contributed by atoms with Gasteiger partial charge in [-0.2, -0.15) is 0 Å². The predicted molar refractivity (Wildman–Crippen MR) is 168 cm³/mol. The molecule has 0 spiro atoms. The lowest BCUT2D eigenvalue weighted by atomic mass is 9.85. The topological polar surface area (TPSA) is 90.4 Å². The van der Waals surface area contributed by atoms with Gasteiger partial charge in [0.05, 0.1) is 17.0 Å². The van der Waals surface area contributed by atoms with Crippen LogP contribution in [0.15, 0.2) is 114 Å². The maximum atomic E-state index is 14.0. The molecule has 6 aromatic rings. The summed E-state index contributed by atoms with van der Waals surface area (Å²) in [5, 5.41) is 16.3. The average molecular weight is 557 g/mol. The number of fused-ring (bicyclic) bond motifs is 2. The molecular weight excluding hydrogens is 524 g/mol. The molecule has 0 saturated carbocycles. The zero-order valence-corrected chi connectivity index (χ0v) is 23.5. The fourth-order valence-corrected chi connectivity index (χ4v) is 5.80. The molecule has 6 rings (SSSR count). The highest BCUT2D eigenvalue weighted by atomic mass is 16.3. The van der Waals surface area contributed by atoms with Crippen molar-refractivity contribution in [3.8, 4) is 5.75 Å². The molecule has 0 fully saturated rings. The lowest BCUT2D eigenvalue weighted by Crippen LogP contribution is -2.38. The highest BCUT2D eigenvalue weighted by Gasteiger charge is 2.30. The minimum absolute atomic E-state index is 0.0232. The fourth-order valence-electron chi connectivity index (χ4n) is 5.80. The summed E-state index contributed by atoms with van der Waals surface area (Å²) in [6, 6.07) is 34.4. The summed E-state index contributed by atoms with van der Waals surface area (Å²) in [7, 11) is 3.48. The van der Waals surface area contributed by atoms with Crippen molar-refractivity contribution in [1.82, 2.24) is 14.9 Å². The Bertz CT molecular complexity index is 1940. The number of aromatic amines is 1. The van der Waals surface area contributed by atoms with E-state index in [0.29, 0.717) is 29.4 Å². The third kappa shape index (κ3) is 4.79. The zero-order chi connectivity index (χ0) is 29.2. The standard InChI is InChI=1S/C35H32N4O3/c1-38(24-15-7-4-8-16-24)35(42)36-22-21-26-25-17-9-11-19-28(25)37-32(26)30(23-13-5-3-6-14-23)31-33(40)27-18-10-12-20-29(27)39(2)34(31)41/h3-20,30,37,40H,21-22H2,1-2H3,(H,36,42). The van der Waals surface area contributed by atoms with Crippen LogP contribution in [-0.2, 0) is 13.5 Å². The predicted octanol–water partition coefficient (Wildman–Crippen LogP) is 6.29. The summed E-state index contributed by atoms with van der Waals surface area (Å²) in [6.45, 7) is 0.383. The van der Waals surface area contributed by atoms with Crippen LogP contribution in [0.25, 0.3) is 21.8 Å². The van der Waals surface area contributed by atoms with Crippen LogP contribution in [0, 0.1) is 0 Å². The van der Waals surface area contributed by atoms with E-state index in [4.69, 9.17) is 0 Å². The summed E-state index contributed by atoms with van der Waals surface area (Å²) in [4.78, 5) is 32.1. The van der Waals surface area contributed by atoms with Crippen molar-refractivity contribution in [3.63, 3.8) is 0 Å². The Morgan fingerprint density at radius 1 is 0.881 bits per heavy atom. The van der Waals surface area contributed by atoms with Gasteiger partial charge >= 0.3 is 6.03 Å². The van der Waals surface area contributed by atoms with E-state index in [1.165, 1.54) is 0 Å². The molecule has 2 amide bonds. The van der Waals surface area contributed by atoms with E-state index < -0.39 is 5.92 Å². The van der Waals surface area contributed by atoms with E-state index in [9.17, 15) is 14.7 Å². The number of rotatable bonds is 7. The number of pyridine rings is 1. The van der Waals surface area contributed by atoms with Crippen molar-refractivity contribution in [3.05, 3.63) is 142 Å². The van der Waals surface area contributed by atoms with Crippen molar-refractivity contribution in [2.75, 3.05) is 18.5 Å². The number of carbonyl (C=O) groups excluding carboxylic acids is 1. The van der Waals surface area contributed by atoms with E-state index in [1.807, 2.05) is 109 Å². The molecule has 7 nitrogen and oxygen atoms in total. The minimum atomic E-state index is -0.570. The number of aromatic hydroxyl groups is 1. The smallest absolute Gasteiger partial charge is 0.321 e. The van der Waals surface area contributed by atoms with Gasteiger partial charge in [0.25, 0.3) is 5.56 Å². The summed E-state index contributed by atoms with van der Waals surface area (Å²) in [5.41, 5.74) is 5.11. The first-order valence-corrected chi connectivity index (χ1v) is 14.0. The molecule has 4 aromatic carbocycles. The number of nitrogens with one attached hydrogen (secondary N) is 2. The van der Waals surface area contributed by atoms with Gasteiger partial charge in [0.2, 0.25) is 0 Å². The Hall–Kier alpha value is -5.30. The van der Waals surface area contributed by atoms with Crippen LogP contribution in [0.4, 0.5) is 10.5 Å². The Morgan fingerprint density at radius 3 is 2.24 bits per heavy atom. The molecule has 0 bridgehead atoms. The molecule has 2 heterocycles. The first kappa shape index (κ1) is 26.9. The Balaban J connectivity index is 1.46. The van der Waals surface area contributed by atoms with Gasteiger partial charge in [-0.3, -0.25) is 9.69 Å². The Labute approximate surface area is 243 Å². The van der Waals surface area contributed by atoms with Gasteiger partial charge < -0.3 is 20.0 Å². The summed E-state index contributed by atoms with van der Waals surface area (Å²) >= 11 is 0. The molecule has 1 atom stereocenters.